The lowest BCUT2D eigenvalue weighted by Crippen LogP contribution is -2.14. The van der Waals surface area contributed by atoms with E-state index in [0.717, 1.165) is 9.37 Å². The highest BCUT2D eigenvalue weighted by atomic mass is 79.9. The van der Waals surface area contributed by atoms with Gasteiger partial charge in [0.05, 0.1) is 16.5 Å². The van der Waals surface area contributed by atoms with Crippen LogP contribution in [0.3, 0.4) is 0 Å². The molecular formula is C15H13BrClNOS. The van der Waals surface area contributed by atoms with Gasteiger partial charge < -0.3 is 5.32 Å². The van der Waals surface area contributed by atoms with Gasteiger partial charge in [0, 0.05) is 9.37 Å². The molecule has 2 nitrogen and oxygen atoms in total. The first-order chi connectivity index (χ1) is 9.54. The Labute approximate surface area is 136 Å². The molecule has 0 spiro atoms. The standard InChI is InChI=1S/C15H13BrClNOS/c1-10-3-2-4-12(7-10)20-9-15(19)18-14-6-5-11(16)8-13(14)17/h2-8H,9H2,1H3,(H,18,19). The van der Waals surface area contributed by atoms with Crippen LogP contribution in [0.2, 0.25) is 5.02 Å². The van der Waals surface area contributed by atoms with Crippen LogP contribution in [0.4, 0.5) is 5.69 Å². The Balaban J connectivity index is 1.92. The van der Waals surface area contributed by atoms with Crippen LogP contribution in [0.1, 0.15) is 5.56 Å². The molecule has 0 saturated heterocycles. The number of carbonyl (C=O) groups is 1. The summed E-state index contributed by atoms with van der Waals surface area (Å²) in [6.07, 6.45) is 0. The van der Waals surface area contributed by atoms with Crippen LogP contribution in [-0.4, -0.2) is 11.7 Å². The average Bonchev–Trinajstić information content (AvgIpc) is 2.40. The molecule has 2 aromatic carbocycles. The Bertz CT molecular complexity index is 633. The van der Waals surface area contributed by atoms with Crippen LogP contribution in [-0.2, 0) is 4.79 Å². The van der Waals surface area contributed by atoms with Gasteiger partial charge in [0.15, 0.2) is 0 Å². The van der Waals surface area contributed by atoms with Crippen molar-refractivity contribution in [2.45, 2.75) is 11.8 Å². The third-order valence-electron chi connectivity index (χ3n) is 2.56. The molecule has 0 aliphatic rings. The zero-order valence-electron chi connectivity index (χ0n) is 10.8. The molecule has 20 heavy (non-hydrogen) atoms. The molecule has 5 heteroatoms. The number of aryl methyl sites for hydroxylation is 1. The van der Waals surface area contributed by atoms with Gasteiger partial charge in [-0.3, -0.25) is 4.79 Å². The van der Waals surface area contributed by atoms with Gasteiger partial charge in [-0.2, -0.15) is 0 Å². The van der Waals surface area contributed by atoms with Gasteiger partial charge in [-0.1, -0.05) is 45.2 Å². The Hall–Kier alpha value is -0.970. The predicted molar refractivity (Wildman–Crippen MR) is 89.7 cm³/mol. The van der Waals surface area contributed by atoms with Crippen molar-refractivity contribution < 1.29 is 4.79 Å². The summed E-state index contributed by atoms with van der Waals surface area (Å²) in [5, 5.41) is 3.33. The lowest BCUT2D eigenvalue weighted by Gasteiger charge is -2.07. The maximum Gasteiger partial charge on any atom is 0.234 e. The maximum absolute atomic E-state index is 11.9. The Morgan fingerprint density at radius 3 is 2.80 bits per heavy atom. The highest BCUT2D eigenvalue weighted by Gasteiger charge is 2.07. The summed E-state index contributed by atoms with van der Waals surface area (Å²) in [6, 6.07) is 13.5. The van der Waals surface area contributed by atoms with E-state index in [1.807, 2.05) is 31.2 Å². The van der Waals surface area contributed by atoms with Crippen LogP contribution < -0.4 is 5.32 Å². The summed E-state index contributed by atoms with van der Waals surface area (Å²) in [5.41, 5.74) is 1.82. The van der Waals surface area contributed by atoms with Gasteiger partial charge >= 0.3 is 0 Å². The number of carbonyl (C=O) groups excluding carboxylic acids is 1. The summed E-state index contributed by atoms with van der Waals surface area (Å²) in [7, 11) is 0. The number of benzene rings is 2. The van der Waals surface area contributed by atoms with Crippen LogP contribution in [0.25, 0.3) is 0 Å². The third-order valence-corrected chi connectivity index (χ3v) is 4.36. The summed E-state index contributed by atoms with van der Waals surface area (Å²) < 4.78 is 0.884. The first kappa shape index (κ1) is 15.4. The van der Waals surface area contributed by atoms with E-state index >= 15 is 0 Å². The third kappa shape index (κ3) is 4.54. The summed E-state index contributed by atoms with van der Waals surface area (Å²) in [5.74, 6) is 0.288. The fraction of sp³-hybridized carbons (Fsp3) is 0.133. The SMILES string of the molecule is Cc1cccc(SCC(=O)Nc2ccc(Br)cc2Cl)c1. The molecule has 0 bridgehead atoms. The Morgan fingerprint density at radius 2 is 2.10 bits per heavy atom. The number of halogens is 2. The normalized spacial score (nSPS) is 10.3. The van der Waals surface area contributed by atoms with E-state index < -0.39 is 0 Å². The second-order valence-corrected chi connectivity index (χ2v) is 6.65. The quantitative estimate of drug-likeness (QED) is 0.755. The molecule has 2 rings (SSSR count). The molecule has 2 aromatic rings. The first-order valence-corrected chi connectivity index (χ1v) is 8.14. The monoisotopic (exact) mass is 369 g/mol. The van der Waals surface area contributed by atoms with Crippen molar-refractivity contribution in [2.24, 2.45) is 0 Å². The second-order valence-electron chi connectivity index (χ2n) is 4.28. The molecule has 0 heterocycles. The fourth-order valence-electron chi connectivity index (χ4n) is 1.63. The van der Waals surface area contributed by atoms with Gasteiger partial charge in [-0.05, 0) is 37.3 Å². The van der Waals surface area contributed by atoms with Crippen LogP contribution in [0, 0.1) is 6.92 Å². The van der Waals surface area contributed by atoms with Gasteiger partial charge in [-0.15, -0.1) is 11.8 Å². The van der Waals surface area contributed by atoms with E-state index in [2.05, 4.69) is 27.3 Å². The summed E-state index contributed by atoms with van der Waals surface area (Å²) in [6.45, 7) is 2.03. The van der Waals surface area contributed by atoms with Crippen molar-refractivity contribution in [3.05, 3.63) is 57.5 Å². The molecule has 0 atom stereocenters. The first-order valence-electron chi connectivity index (χ1n) is 5.99. The zero-order valence-corrected chi connectivity index (χ0v) is 14.0. The lowest BCUT2D eigenvalue weighted by molar-refractivity contribution is -0.113. The summed E-state index contributed by atoms with van der Waals surface area (Å²) in [4.78, 5) is 13.0. The Kier molecular flexibility index (Phi) is 5.52. The number of amides is 1. The van der Waals surface area contributed by atoms with Crippen LogP contribution >= 0.6 is 39.3 Å². The number of hydrogen-bond acceptors (Lipinski definition) is 2. The van der Waals surface area contributed by atoms with Gasteiger partial charge in [0.2, 0.25) is 5.91 Å². The Morgan fingerprint density at radius 1 is 1.30 bits per heavy atom. The van der Waals surface area contributed by atoms with E-state index in [4.69, 9.17) is 11.6 Å². The molecule has 0 aliphatic heterocycles. The number of anilines is 1. The molecule has 1 N–H and O–H groups in total. The van der Waals surface area contributed by atoms with E-state index in [1.165, 1.54) is 17.3 Å². The zero-order chi connectivity index (χ0) is 14.5. The highest BCUT2D eigenvalue weighted by Crippen LogP contribution is 2.26. The van der Waals surface area contributed by atoms with Crippen molar-refractivity contribution in [3.8, 4) is 0 Å². The predicted octanol–water partition coefficient (Wildman–Crippen LogP) is 5.14. The minimum absolute atomic E-state index is 0.0688. The number of hydrogen-bond donors (Lipinski definition) is 1. The number of thioether (sulfide) groups is 1. The highest BCUT2D eigenvalue weighted by molar-refractivity contribution is 9.10. The largest absolute Gasteiger partial charge is 0.324 e. The smallest absolute Gasteiger partial charge is 0.234 e. The minimum Gasteiger partial charge on any atom is -0.324 e. The van der Waals surface area contributed by atoms with E-state index in [1.54, 1.807) is 12.1 Å². The fourth-order valence-corrected chi connectivity index (χ4v) is 3.17. The topological polar surface area (TPSA) is 29.1 Å². The molecular weight excluding hydrogens is 358 g/mol. The summed E-state index contributed by atoms with van der Waals surface area (Å²) >= 11 is 10.9. The number of nitrogens with one attached hydrogen (secondary N) is 1. The van der Waals surface area contributed by atoms with Gasteiger partial charge in [-0.25, -0.2) is 0 Å². The van der Waals surface area contributed by atoms with Crippen molar-refractivity contribution in [1.29, 1.82) is 0 Å². The average molecular weight is 371 g/mol. The lowest BCUT2D eigenvalue weighted by atomic mass is 10.2. The van der Waals surface area contributed by atoms with E-state index in [-0.39, 0.29) is 5.91 Å². The van der Waals surface area contributed by atoms with Crippen LogP contribution in [0.5, 0.6) is 0 Å². The minimum atomic E-state index is -0.0688. The molecule has 104 valence electrons. The van der Waals surface area contributed by atoms with E-state index in [9.17, 15) is 4.79 Å². The van der Waals surface area contributed by atoms with Crippen molar-refractivity contribution in [1.82, 2.24) is 0 Å². The molecule has 0 fully saturated rings. The van der Waals surface area contributed by atoms with E-state index in [0.29, 0.717) is 16.5 Å². The molecule has 0 aromatic heterocycles. The number of rotatable bonds is 4. The molecule has 0 aliphatic carbocycles. The molecule has 0 saturated carbocycles. The maximum atomic E-state index is 11.9. The van der Waals surface area contributed by atoms with Gasteiger partial charge in [0.1, 0.15) is 0 Å². The molecule has 0 radical (unpaired) electrons. The molecule has 1 amide bonds. The van der Waals surface area contributed by atoms with Crippen LogP contribution in [0.15, 0.2) is 51.8 Å². The van der Waals surface area contributed by atoms with Crippen molar-refractivity contribution in [2.75, 3.05) is 11.1 Å². The van der Waals surface area contributed by atoms with Crippen molar-refractivity contribution in [3.63, 3.8) is 0 Å². The molecule has 0 unspecified atom stereocenters. The van der Waals surface area contributed by atoms with Crippen molar-refractivity contribution >= 4 is 50.9 Å². The second kappa shape index (κ2) is 7.16. The van der Waals surface area contributed by atoms with Gasteiger partial charge in [0.25, 0.3) is 0 Å².